The molecule has 106 valence electrons. The second kappa shape index (κ2) is 5.70. The van der Waals surface area contributed by atoms with Gasteiger partial charge in [-0.2, -0.15) is 11.3 Å². The van der Waals surface area contributed by atoms with Crippen molar-refractivity contribution in [3.8, 4) is 0 Å². The summed E-state index contributed by atoms with van der Waals surface area (Å²) in [5, 5.41) is 11.0. The number of amides is 1. The van der Waals surface area contributed by atoms with Crippen LogP contribution in [0.25, 0.3) is 0 Å². The summed E-state index contributed by atoms with van der Waals surface area (Å²) in [6.07, 6.45) is 0.0735. The fraction of sp³-hybridized carbons (Fsp3) is 0.0833. The molecule has 1 heterocycles. The zero-order valence-electron chi connectivity index (χ0n) is 10.2. The lowest BCUT2D eigenvalue weighted by Crippen LogP contribution is -2.19. The van der Waals surface area contributed by atoms with E-state index in [0.29, 0.717) is 0 Å². The smallest absolute Gasteiger partial charge is 0.240 e. The van der Waals surface area contributed by atoms with E-state index in [2.05, 4.69) is 5.32 Å². The van der Waals surface area contributed by atoms with Gasteiger partial charge in [-0.05, 0) is 40.6 Å². The number of nitrogens with one attached hydrogen (secondary N) is 1. The van der Waals surface area contributed by atoms with Crippen molar-refractivity contribution in [3.63, 3.8) is 0 Å². The molecule has 0 aliphatic heterocycles. The quantitative estimate of drug-likeness (QED) is 0.900. The van der Waals surface area contributed by atoms with Crippen LogP contribution in [0.15, 0.2) is 39.9 Å². The lowest BCUT2D eigenvalue weighted by atomic mass is 10.2. The number of carbonyl (C=O) groups is 1. The van der Waals surface area contributed by atoms with Crippen LogP contribution in [0.2, 0.25) is 0 Å². The maximum atomic E-state index is 13.2. The van der Waals surface area contributed by atoms with Crippen LogP contribution in [-0.2, 0) is 21.2 Å². The first-order chi connectivity index (χ1) is 9.36. The van der Waals surface area contributed by atoms with E-state index in [0.717, 1.165) is 23.8 Å². The predicted octanol–water partition coefficient (Wildman–Crippen LogP) is 1.72. The second-order valence-electron chi connectivity index (χ2n) is 4.04. The number of thiophene rings is 1. The Morgan fingerprint density at radius 1 is 1.35 bits per heavy atom. The van der Waals surface area contributed by atoms with Gasteiger partial charge in [0.2, 0.25) is 15.9 Å². The number of rotatable bonds is 4. The van der Waals surface area contributed by atoms with Gasteiger partial charge in [-0.25, -0.2) is 17.9 Å². The highest BCUT2D eigenvalue weighted by molar-refractivity contribution is 7.89. The lowest BCUT2D eigenvalue weighted by molar-refractivity contribution is -0.115. The van der Waals surface area contributed by atoms with E-state index in [-0.39, 0.29) is 17.0 Å². The number of benzene rings is 1. The van der Waals surface area contributed by atoms with Gasteiger partial charge < -0.3 is 5.32 Å². The number of primary sulfonamides is 1. The number of halogens is 1. The van der Waals surface area contributed by atoms with E-state index < -0.39 is 21.7 Å². The summed E-state index contributed by atoms with van der Waals surface area (Å²) in [5.74, 6) is -1.11. The number of hydrogen-bond acceptors (Lipinski definition) is 4. The van der Waals surface area contributed by atoms with Crippen LogP contribution in [-0.4, -0.2) is 14.3 Å². The predicted molar refractivity (Wildman–Crippen MR) is 74.4 cm³/mol. The molecule has 0 bridgehead atoms. The largest absolute Gasteiger partial charge is 0.325 e. The van der Waals surface area contributed by atoms with E-state index in [1.54, 1.807) is 11.4 Å². The second-order valence-corrected chi connectivity index (χ2v) is 6.35. The van der Waals surface area contributed by atoms with Crippen molar-refractivity contribution in [2.45, 2.75) is 11.3 Å². The van der Waals surface area contributed by atoms with Gasteiger partial charge in [0.15, 0.2) is 0 Å². The molecule has 2 aromatic rings. The summed E-state index contributed by atoms with van der Waals surface area (Å²) >= 11 is 1.44. The van der Waals surface area contributed by atoms with Crippen molar-refractivity contribution in [2.24, 2.45) is 5.14 Å². The summed E-state index contributed by atoms with van der Waals surface area (Å²) < 4.78 is 35.9. The first kappa shape index (κ1) is 14.6. The van der Waals surface area contributed by atoms with Crippen molar-refractivity contribution in [1.29, 1.82) is 0 Å². The highest BCUT2D eigenvalue weighted by atomic mass is 32.2. The zero-order valence-corrected chi connectivity index (χ0v) is 11.8. The van der Waals surface area contributed by atoms with Crippen LogP contribution < -0.4 is 10.5 Å². The SMILES string of the molecule is NS(=O)(=O)c1ccc(F)cc1NC(=O)Cc1ccsc1. The zero-order chi connectivity index (χ0) is 14.8. The third-order valence-corrected chi connectivity index (χ3v) is 4.17. The molecule has 1 aromatic heterocycles. The van der Waals surface area contributed by atoms with Crippen molar-refractivity contribution in [2.75, 3.05) is 5.32 Å². The fourth-order valence-corrected chi connectivity index (χ4v) is 2.96. The van der Waals surface area contributed by atoms with Crippen LogP contribution in [0.1, 0.15) is 5.56 Å². The van der Waals surface area contributed by atoms with Crippen LogP contribution in [0.3, 0.4) is 0 Å². The molecule has 0 radical (unpaired) electrons. The minimum Gasteiger partial charge on any atom is -0.325 e. The number of anilines is 1. The van der Waals surface area contributed by atoms with E-state index in [4.69, 9.17) is 5.14 Å². The van der Waals surface area contributed by atoms with Crippen LogP contribution >= 0.6 is 11.3 Å². The molecule has 1 aromatic carbocycles. The fourth-order valence-electron chi connectivity index (χ4n) is 1.62. The summed E-state index contributed by atoms with van der Waals surface area (Å²) in [6.45, 7) is 0. The summed E-state index contributed by atoms with van der Waals surface area (Å²) in [6, 6.07) is 4.68. The average molecular weight is 314 g/mol. The van der Waals surface area contributed by atoms with Gasteiger partial charge >= 0.3 is 0 Å². The molecule has 0 fully saturated rings. The van der Waals surface area contributed by atoms with E-state index >= 15 is 0 Å². The Labute approximate surface area is 119 Å². The summed E-state index contributed by atoms with van der Waals surface area (Å²) in [5.41, 5.74) is 0.633. The molecule has 0 aliphatic carbocycles. The van der Waals surface area contributed by atoms with Gasteiger partial charge in [0.1, 0.15) is 10.7 Å². The Morgan fingerprint density at radius 3 is 2.70 bits per heavy atom. The molecule has 3 N–H and O–H groups in total. The van der Waals surface area contributed by atoms with E-state index in [9.17, 15) is 17.6 Å². The van der Waals surface area contributed by atoms with Crippen LogP contribution in [0.5, 0.6) is 0 Å². The van der Waals surface area contributed by atoms with Crippen LogP contribution in [0, 0.1) is 5.82 Å². The first-order valence-corrected chi connectivity index (χ1v) is 7.98. The topological polar surface area (TPSA) is 89.3 Å². The van der Waals surface area contributed by atoms with Crippen molar-refractivity contribution in [1.82, 2.24) is 0 Å². The highest BCUT2D eigenvalue weighted by Crippen LogP contribution is 2.21. The number of nitrogens with two attached hydrogens (primary N) is 1. The standard InChI is InChI=1S/C12H11FN2O3S2/c13-9-1-2-11(20(14,17)18)10(6-9)15-12(16)5-8-3-4-19-7-8/h1-4,6-7H,5H2,(H,15,16)(H2,14,17,18). The van der Waals surface area contributed by atoms with E-state index in [1.165, 1.54) is 11.3 Å². The van der Waals surface area contributed by atoms with Gasteiger partial charge in [-0.1, -0.05) is 0 Å². The molecule has 0 atom stereocenters. The molecule has 2 rings (SSSR count). The minimum absolute atomic E-state index is 0.0735. The molecule has 0 unspecified atom stereocenters. The first-order valence-electron chi connectivity index (χ1n) is 5.49. The van der Waals surface area contributed by atoms with Gasteiger partial charge in [0.25, 0.3) is 0 Å². The summed E-state index contributed by atoms with van der Waals surface area (Å²) in [4.78, 5) is 11.5. The molecule has 0 saturated carbocycles. The number of sulfonamides is 1. The normalized spacial score (nSPS) is 11.3. The molecule has 5 nitrogen and oxygen atoms in total. The van der Waals surface area contributed by atoms with Gasteiger partial charge in [0.05, 0.1) is 12.1 Å². The van der Waals surface area contributed by atoms with Crippen molar-refractivity contribution in [3.05, 3.63) is 46.4 Å². The Bertz CT molecular complexity index is 727. The Morgan fingerprint density at radius 2 is 2.10 bits per heavy atom. The van der Waals surface area contributed by atoms with Crippen LogP contribution in [0.4, 0.5) is 10.1 Å². The summed E-state index contributed by atoms with van der Waals surface area (Å²) in [7, 11) is -4.04. The molecule has 0 spiro atoms. The third kappa shape index (κ3) is 3.62. The lowest BCUT2D eigenvalue weighted by Gasteiger charge is -2.09. The number of hydrogen-bond donors (Lipinski definition) is 2. The Balaban J connectivity index is 2.24. The van der Waals surface area contributed by atoms with E-state index in [1.807, 2.05) is 5.38 Å². The van der Waals surface area contributed by atoms with Crippen molar-refractivity contribution < 1.29 is 17.6 Å². The highest BCUT2D eigenvalue weighted by Gasteiger charge is 2.16. The molecule has 8 heteroatoms. The molecule has 0 aliphatic rings. The minimum atomic E-state index is -4.04. The monoisotopic (exact) mass is 314 g/mol. The molecular formula is C12H11FN2O3S2. The Kier molecular flexibility index (Phi) is 4.17. The molecule has 1 amide bonds. The maximum Gasteiger partial charge on any atom is 0.240 e. The maximum absolute atomic E-state index is 13.2. The van der Waals surface area contributed by atoms with Crippen molar-refractivity contribution >= 4 is 33.0 Å². The molecular weight excluding hydrogens is 303 g/mol. The van der Waals surface area contributed by atoms with Gasteiger partial charge in [-0.15, -0.1) is 0 Å². The number of carbonyl (C=O) groups excluding carboxylic acids is 1. The average Bonchev–Trinajstić information content (AvgIpc) is 2.79. The Hall–Kier alpha value is -1.77. The molecule has 20 heavy (non-hydrogen) atoms. The van der Waals surface area contributed by atoms with Gasteiger partial charge in [0, 0.05) is 0 Å². The third-order valence-electron chi connectivity index (χ3n) is 2.47. The molecule has 0 saturated heterocycles. The van der Waals surface area contributed by atoms with Gasteiger partial charge in [-0.3, -0.25) is 4.79 Å².